The highest BCUT2D eigenvalue weighted by Gasteiger charge is 2.27. The quantitative estimate of drug-likeness (QED) is 0.772. The smallest absolute Gasteiger partial charge is 0.410 e. The second kappa shape index (κ2) is 7.26. The summed E-state index contributed by atoms with van der Waals surface area (Å²) in [6, 6.07) is 5.57. The number of nitrogens with one attached hydrogen (secondary N) is 2. The van der Waals surface area contributed by atoms with Gasteiger partial charge in [-0.3, -0.25) is 9.78 Å². The molecular formula is C18H23BrN4O3. The average molecular weight is 423 g/mol. The van der Waals surface area contributed by atoms with E-state index in [-0.39, 0.29) is 17.7 Å². The first-order chi connectivity index (χ1) is 12.2. The first-order valence-electron chi connectivity index (χ1n) is 8.65. The first-order valence-corrected chi connectivity index (χ1v) is 9.44. The van der Waals surface area contributed by atoms with Crippen LogP contribution in [0.3, 0.4) is 0 Å². The van der Waals surface area contributed by atoms with Crippen LogP contribution in [0.15, 0.2) is 27.5 Å². The normalized spacial score (nSPS) is 15.9. The van der Waals surface area contributed by atoms with Crippen molar-refractivity contribution in [2.45, 2.75) is 45.3 Å². The summed E-state index contributed by atoms with van der Waals surface area (Å²) in [5, 5.41) is 3.82. The molecule has 0 radical (unpaired) electrons. The number of halogens is 1. The van der Waals surface area contributed by atoms with Crippen molar-refractivity contribution in [3.8, 4) is 0 Å². The zero-order valence-corrected chi connectivity index (χ0v) is 16.7. The number of H-pyrrole nitrogens is 1. The van der Waals surface area contributed by atoms with Gasteiger partial charge in [-0.15, -0.1) is 0 Å². The fourth-order valence-electron chi connectivity index (χ4n) is 2.91. The van der Waals surface area contributed by atoms with Crippen LogP contribution >= 0.6 is 15.9 Å². The molecule has 140 valence electrons. The SMILES string of the molecule is CC(C)(C)OC(=O)N1CCC(Nc2nc3ccc(Br)cc3c(=O)[nH]2)CC1. The second-order valence-electron chi connectivity index (χ2n) is 7.46. The number of benzene rings is 1. The molecule has 1 aromatic heterocycles. The van der Waals surface area contributed by atoms with Crippen LogP contribution in [0.25, 0.3) is 10.9 Å². The number of hydrogen-bond donors (Lipinski definition) is 2. The topological polar surface area (TPSA) is 87.3 Å². The number of aromatic nitrogens is 2. The van der Waals surface area contributed by atoms with E-state index in [4.69, 9.17) is 4.74 Å². The van der Waals surface area contributed by atoms with Crippen LogP contribution in [-0.2, 0) is 4.74 Å². The number of ether oxygens (including phenoxy) is 1. The van der Waals surface area contributed by atoms with Crippen LogP contribution in [0.2, 0.25) is 0 Å². The van der Waals surface area contributed by atoms with Gasteiger partial charge in [0.25, 0.3) is 5.56 Å². The highest BCUT2D eigenvalue weighted by molar-refractivity contribution is 9.10. The third-order valence-electron chi connectivity index (χ3n) is 4.15. The van der Waals surface area contributed by atoms with Gasteiger partial charge in [-0.1, -0.05) is 15.9 Å². The molecule has 26 heavy (non-hydrogen) atoms. The number of piperidine rings is 1. The van der Waals surface area contributed by atoms with Gasteiger partial charge in [0.15, 0.2) is 0 Å². The molecule has 2 aromatic rings. The van der Waals surface area contributed by atoms with Gasteiger partial charge >= 0.3 is 6.09 Å². The molecular weight excluding hydrogens is 400 g/mol. The predicted octanol–water partition coefficient (Wildman–Crippen LogP) is 3.50. The van der Waals surface area contributed by atoms with Crippen molar-refractivity contribution in [2.75, 3.05) is 18.4 Å². The number of rotatable bonds is 2. The van der Waals surface area contributed by atoms with Gasteiger partial charge in [0.1, 0.15) is 5.60 Å². The van der Waals surface area contributed by atoms with E-state index >= 15 is 0 Å². The molecule has 7 nitrogen and oxygen atoms in total. The number of nitrogens with zero attached hydrogens (tertiary/aromatic N) is 2. The van der Waals surface area contributed by atoms with Crippen molar-refractivity contribution in [1.82, 2.24) is 14.9 Å². The Balaban J connectivity index is 1.63. The number of amides is 1. The third kappa shape index (κ3) is 4.55. The Bertz CT molecular complexity index is 867. The van der Waals surface area contributed by atoms with Crippen molar-refractivity contribution in [1.29, 1.82) is 0 Å². The maximum Gasteiger partial charge on any atom is 0.410 e. The summed E-state index contributed by atoms with van der Waals surface area (Å²) in [4.78, 5) is 33.3. The van der Waals surface area contributed by atoms with Crippen LogP contribution in [-0.4, -0.2) is 45.7 Å². The van der Waals surface area contributed by atoms with E-state index in [2.05, 4.69) is 31.2 Å². The molecule has 3 rings (SSSR count). The maximum absolute atomic E-state index is 12.2. The van der Waals surface area contributed by atoms with Crippen LogP contribution in [0.1, 0.15) is 33.6 Å². The fraction of sp³-hybridized carbons (Fsp3) is 0.500. The molecule has 2 N–H and O–H groups in total. The van der Waals surface area contributed by atoms with Crippen molar-refractivity contribution in [3.05, 3.63) is 33.0 Å². The molecule has 1 aromatic carbocycles. The van der Waals surface area contributed by atoms with Gasteiger partial charge in [-0.2, -0.15) is 0 Å². The lowest BCUT2D eigenvalue weighted by Crippen LogP contribution is -2.44. The average Bonchev–Trinajstić information content (AvgIpc) is 2.55. The summed E-state index contributed by atoms with van der Waals surface area (Å²) in [5.74, 6) is 0.459. The lowest BCUT2D eigenvalue weighted by Gasteiger charge is -2.33. The van der Waals surface area contributed by atoms with Crippen LogP contribution < -0.4 is 10.9 Å². The Hall–Kier alpha value is -2.09. The molecule has 0 bridgehead atoms. The van der Waals surface area contributed by atoms with E-state index in [1.165, 1.54) is 0 Å². The summed E-state index contributed by atoms with van der Waals surface area (Å²) in [5.41, 5.74) is -0.0222. The third-order valence-corrected chi connectivity index (χ3v) is 4.65. The Morgan fingerprint density at radius 1 is 1.35 bits per heavy atom. The van der Waals surface area contributed by atoms with Gasteiger partial charge in [0.05, 0.1) is 10.9 Å². The number of carbonyl (C=O) groups is 1. The molecule has 1 aliphatic heterocycles. The lowest BCUT2D eigenvalue weighted by molar-refractivity contribution is 0.0210. The number of likely N-dealkylation sites (tertiary alicyclic amines) is 1. The van der Waals surface area contributed by atoms with E-state index in [0.29, 0.717) is 29.9 Å². The number of hydrogen-bond acceptors (Lipinski definition) is 5. The van der Waals surface area contributed by atoms with Crippen LogP contribution in [0, 0.1) is 0 Å². The summed E-state index contributed by atoms with van der Waals surface area (Å²) in [6.45, 7) is 6.80. The van der Waals surface area contributed by atoms with Gasteiger partial charge in [-0.05, 0) is 51.8 Å². The molecule has 1 amide bonds. The molecule has 0 aliphatic carbocycles. The minimum absolute atomic E-state index is 0.143. The molecule has 1 saturated heterocycles. The number of fused-ring (bicyclic) bond motifs is 1. The van der Waals surface area contributed by atoms with Crippen molar-refractivity contribution in [3.63, 3.8) is 0 Å². The maximum atomic E-state index is 12.2. The summed E-state index contributed by atoms with van der Waals surface area (Å²) in [7, 11) is 0. The summed E-state index contributed by atoms with van der Waals surface area (Å²) < 4.78 is 6.25. The molecule has 0 unspecified atom stereocenters. The summed E-state index contributed by atoms with van der Waals surface area (Å²) in [6.07, 6.45) is 1.25. The monoisotopic (exact) mass is 422 g/mol. The highest BCUT2D eigenvalue weighted by atomic mass is 79.9. The Labute approximate surface area is 160 Å². The molecule has 0 saturated carbocycles. The van der Waals surface area contributed by atoms with Crippen LogP contribution in [0.5, 0.6) is 0 Å². The van der Waals surface area contributed by atoms with Crippen molar-refractivity contribution < 1.29 is 9.53 Å². The fourth-order valence-corrected chi connectivity index (χ4v) is 3.27. The van der Waals surface area contributed by atoms with Gasteiger partial charge < -0.3 is 15.0 Å². The Morgan fingerprint density at radius 2 is 2.04 bits per heavy atom. The van der Waals surface area contributed by atoms with E-state index in [1.54, 1.807) is 11.0 Å². The van der Waals surface area contributed by atoms with Gasteiger partial charge in [-0.25, -0.2) is 9.78 Å². The van der Waals surface area contributed by atoms with E-state index in [0.717, 1.165) is 17.3 Å². The predicted molar refractivity (Wildman–Crippen MR) is 105 cm³/mol. The van der Waals surface area contributed by atoms with E-state index in [1.807, 2.05) is 32.9 Å². The zero-order chi connectivity index (χ0) is 18.9. The minimum atomic E-state index is -0.490. The number of aromatic amines is 1. The van der Waals surface area contributed by atoms with Crippen molar-refractivity contribution >= 4 is 38.9 Å². The highest BCUT2D eigenvalue weighted by Crippen LogP contribution is 2.19. The number of anilines is 1. The molecule has 0 atom stereocenters. The van der Waals surface area contributed by atoms with E-state index < -0.39 is 5.60 Å². The number of carbonyl (C=O) groups excluding carboxylic acids is 1. The molecule has 1 fully saturated rings. The largest absolute Gasteiger partial charge is 0.444 e. The first kappa shape index (κ1) is 18.7. The molecule has 2 heterocycles. The van der Waals surface area contributed by atoms with Gasteiger partial charge in [0, 0.05) is 23.6 Å². The lowest BCUT2D eigenvalue weighted by atomic mass is 10.1. The minimum Gasteiger partial charge on any atom is -0.444 e. The molecule has 1 aliphatic rings. The molecule has 8 heteroatoms. The Kier molecular flexibility index (Phi) is 5.22. The molecule has 0 spiro atoms. The second-order valence-corrected chi connectivity index (χ2v) is 8.38. The van der Waals surface area contributed by atoms with Crippen molar-refractivity contribution in [2.24, 2.45) is 0 Å². The van der Waals surface area contributed by atoms with E-state index in [9.17, 15) is 9.59 Å². The standard InChI is InChI=1S/C18H23BrN4O3/c1-18(2,3)26-17(25)23-8-6-12(7-9-23)20-16-21-14-5-4-11(19)10-13(14)15(24)22-16/h4-5,10,12H,6-9H2,1-3H3,(H2,20,21,22,24). The summed E-state index contributed by atoms with van der Waals surface area (Å²) >= 11 is 3.36. The van der Waals surface area contributed by atoms with Crippen LogP contribution in [0.4, 0.5) is 10.7 Å². The zero-order valence-electron chi connectivity index (χ0n) is 15.1. The Morgan fingerprint density at radius 3 is 2.69 bits per heavy atom. The van der Waals surface area contributed by atoms with Gasteiger partial charge in [0.2, 0.25) is 5.95 Å².